The highest BCUT2D eigenvalue weighted by molar-refractivity contribution is 6.29. The van der Waals surface area contributed by atoms with E-state index >= 15 is 0 Å². The van der Waals surface area contributed by atoms with Crippen molar-refractivity contribution in [3.8, 4) is 0 Å². The molecule has 0 amide bonds. The van der Waals surface area contributed by atoms with Gasteiger partial charge in [-0.2, -0.15) is 0 Å². The fraction of sp³-hybridized carbons (Fsp3) is 0.143. The number of nitrogens with zero attached hydrogens (tertiary/aromatic N) is 2. The molecule has 2 heterocycles. The molecule has 0 unspecified atom stereocenters. The smallest absolute Gasteiger partial charge is 0.276 e. The molecular formula is C7H6ClN3O. The van der Waals surface area contributed by atoms with Gasteiger partial charge < -0.3 is 9.55 Å². The van der Waals surface area contributed by atoms with Gasteiger partial charge >= 0.3 is 0 Å². The SMILES string of the molecule is Cn1c(Cl)nc2c(=O)[nH]ccc21. The Balaban J connectivity index is 3.05. The zero-order chi connectivity index (χ0) is 8.72. The van der Waals surface area contributed by atoms with Crippen LogP contribution < -0.4 is 5.56 Å². The van der Waals surface area contributed by atoms with Crippen LogP contribution in [0.5, 0.6) is 0 Å². The number of hydrogen-bond donors (Lipinski definition) is 1. The summed E-state index contributed by atoms with van der Waals surface area (Å²) in [6.45, 7) is 0. The number of nitrogens with one attached hydrogen (secondary N) is 1. The van der Waals surface area contributed by atoms with Gasteiger partial charge in [0, 0.05) is 13.2 Å². The number of pyridine rings is 1. The fourth-order valence-electron chi connectivity index (χ4n) is 1.11. The Morgan fingerprint density at radius 2 is 2.42 bits per heavy atom. The molecule has 4 nitrogen and oxygen atoms in total. The molecule has 0 spiro atoms. The molecular weight excluding hydrogens is 178 g/mol. The third-order valence-corrected chi connectivity index (χ3v) is 2.09. The summed E-state index contributed by atoms with van der Waals surface area (Å²) in [7, 11) is 1.76. The summed E-state index contributed by atoms with van der Waals surface area (Å²) in [6.07, 6.45) is 1.57. The Labute approximate surface area is 72.8 Å². The Kier molecular flexibility index (Phi) is 1.44. The minimum absolute atomic E-state index is 0.213. The molecule has 0 fully saturated rings. The lowest BCUT2D eigenvalue weighted by molar-refractivity contribution is 0.948. The lowest BCUT2D eigenvalue weighted by Gasteiger charge is -1.92. The second kappa shape index (κ2) is 2.35. The van der Waals surface area contributed by atoms with Gasteiger partial charge in [0.25, 0.3) is 5.56 Å². The van der Waals surface area contributed by atoms with Crippen LogP contribution in [0.2, 0.25) is 5.28 Å². The number of hydrogen-bond acceptors (Lipinski definition) is 2. The predicted octanol–water partition coefficient (Wildman–Crippen LogP) is 0.915. The van der Waals surface area contributed by atoms with Gasteiger partial charge in [0.05, 0.1) is 5.52 Å². The zero-order valence-corrected chi connectivity index (χ0v) is 7.09. The number of aryl methyl sites for hydroxylation is 1. The molecule has 0 saturated carbocycles. The first kappa shape index (κ1) is 7.36. The number of aromatic amines is 1. The molecule has 0 saturated heterocycles. The monoisotopic (exact) mass is 183 g/mol. The number of imidazole rings is 1. The molecule has 62 valence electrons. The van der Waals surface area contributed by atoms with Crippen LogP contribution in [0.3, 0.4) is 0 Å². The van der Waals surface area contributed by atoms with Crippen LogP contribution in [-0.2, 0) is 7.05 Å². The van der Waals surface area contributed by atoms with E-state index in [1.165, 1.54) is 0 Å². The number of rotatable bonds is 0. The molecule has 2 aromatic heterocycles. The fourth-order valence-corrected chi connectivity index (χ4v) is 1.28. The second-order valence-corrected chi connectivity index (χ2v) is 2.82. The summed E-state index contributed by atoms with van der Waals surface area (Å²) in [6, 6.07) is 1.76. The summed E-state index contributed by atoms with van der Waals surface area (Å²) >= 11 is 5.72. The van der Waals surface area contributed by atoms with Crippen molar-refractivity contribution >= 4 is 22.6 Å². The molecule has 5 heteroatoms. The first-order chi connectivity index (χ1) is 5.70. The summed E-state index contributed by atoms with van der Waals surface area (Å²) in [5, 5.41) is 0.321. The first-order valence-corrected chi connectivity index (χ1v) is 3.77. The van der Waals surface area contributed by atoms with E-state index in [1.807, 2.05) is 0 Å². The standard InChI is InChI=1S/C7H6ClN3O/c1-11-4-2-3-9-6(12)5(4)10-7(11)8/h2-3H,1H3,(H,9,12). The summed E-state index contributed by atoms with van der Waals surface area (Å²) < 4.78 is 1.66. The van der Waals surface area contributed by atoms with Gasteiger partial charge in [0.15, 0.2) is 5.52 Å². The number of aromatic nitrogens is 3. The highest BCUT2D eigenvalue weighted by Gasteiger charge is 2.06. The molecule has 0 radical (unpaired) electrons. The van der Waals surface area contributed by atoms with Gasteiger partial charge in [-0.15, -0.1) is 0 Å². The Morgan fingerprint density at radius 3 is 3.08 bits per heavy atom. The topological polar surface area (TPSA) is 50.7 Å². The molecule has 0 bridgehead atoms. The van der Waals surface area contributed by atoms with E-state index in [9.17, 15) is 4.79 Å². The van der Waals surface area contributed by atoms with Crippen LogP contribution in [0.4, 0.5) is 0 Å². The van der Waals surface area contributed by atoms with Crippen molar-refractivity contribution < 1.29 is 0 Å². The van der Waals surface area contributed by atoms with Crippen LogP contribution in [0.15, 0.2) is 17.1 Å². The number of H-pyrrole nitrogens is 1. The summed E-state index contributed by atoms with van der Waals surface area (Å²) in [5.41, 5.74) is 0.906. The van der Waals surface area contributed by atoms with Crippen LogP contribution in [0, 0.1) is 0 Å². The van der Waals surface area contributed by atoms with E-state index in [-0.39, 0.29) is 5.56 Å². The average molecular weight is 184 g/mol. The van der Waals surface area contributed by atoms with Crippen molar-refractivity contribution in [2.24, 2.45) is 7.05 Å². The third kappa shape index (κ3) is 0.848. The highest BCUT2D eigenvalue weighted by Crippen LogP contribution is 2.13. The minimum atomic E-state index is -0.213. The van der Waals surface area contributed by atoms with Crippen LogP contribution >= 0.6 is 11.6 Å². The van der Waals surface area contributed by atoms with Gasteiger partial charge in [-0.05, 0) is 17.7 Å². The quantitative estimate of drug-likeness (QED) is 0.660. The van der Waals surface area contributed by atoms with E-state index in [0.29, 0.717) is 10.8 Å². The second-order valence-electron chi connectivity index (χ2n) is 2.48. The van der Waals surface area contributed by atoms with Crippen LogP contribution in [-0.4, -0.2) is 14.5 Å². The van der Waals surface area contributed by atoms with Crippen molar-refractivity contribution in [2.45, 2.75) is 0 Å². The zero-order valence-electron chi connectivity index (χ0n) is 6.34. The predicted molar refractivity (Wildman–Crippen MR) is 46.3 cm³/mol. The number of fused-ring (bicyclic) bond motifs is 1. The molecule has 2 rings (SSSR count). The van der Waals surface area contributed by atoms with Crippen molar-refractivity contribution in [1.82, 2.24) is 14.5 Å². The van der Waals surface area contributed by atoms with Gasteiger partial charge in [-0.3, -0.25) is 4.79 Å². The normalized spacial score (nSPS) is 10.8. The molecule has 0 aliphatic heterocycles. The lowest BCUT2D eigenvalue weighted by Crippen LogP contribution is -2.04. The maximum atomic E-state index is 11.2. The molecule has 12 heavy (non-hydrogen) atoms. The maximum absolute atomic E-state index is 11.2. The maximum Gasteiger partial charge on any atom is 0.276 e. The molecule has 0 aromatic carbocycles. The Hall–Kier alpha value is -1.29. The van der Waals surface area contributed by atoms with E-state index in [4.69, 9.17) is 11.6 Å². The molecule has 0 aliphatic rings. The summed E-state index contributed by atoms with van der Waals surface area (Å²) in [4.78, 5) is 17.6. The van der Waals surface area contributed by atoms with Gasteiger partial charge in [0.2, 0.25) is 5.28 Å². The van der Waals surface area contributed by atoms with Crippen molar-refractivity contribution in [1.29, 1.82) is 0 Å². The van der Waals surface area contributed by atoms with Crippen molar-refractivity contribution in [2.75, 3.05) is 0 Å². The van der Waals surface area contributed by atoms with E-state index in [0.717, 1.165) is 5.52 Å². The van der Waals surface area contributed by atoms with E-state index in [1.54, 1.807) is 23.9 Å². The third-order valence-electron chi connectivity index (χ3n) is 1.76. The Bertz CT molecular complexity index is 485. The average Bonchev–Trinajstić information content (AvgIpc) is 2.32. The largest absolute Gasteiger partial charge is 0.327 e. The molecule has 2 aromatic rings. The van der Waals surface area contributed by atoms with Crippen LogP contribution in [0.1, 0.15) is 0 Å². The van der Waals surface area contributed by atoms with Gasteiger partial charge in [-0.1, -0.05) is 0 Å². The molecule has 1 N–H and O–H groups in total. The molecule has 0 aliphatic carbocycles. The molecule has 0 atom stereocenters. The lowest BCUT2D eigenvalue weighted by atomic mass is 10.4. The summed E-state index contributed by atoms with van der Waals surface area (Å²) in [5.74, 6) is 0. The van der Waals surface area contributed by atoms with E-state index in [2.05, 4.69) is 9.97 Å². The van der Waals surface area contributed by atoms with Crippen molar-refractivity contribution in [3.63, 3.8) is 0 Å². The van der Waals surface area contributed by atoms with E-state index < -0.39 is 0 Å². The van der Waals surface area contributed by atoms with Crippen molar-refractivity contribution in [3.05, 3.63) is 27.9 Å². The first-order valence-electron chi connectivity index (χ1n) is 3.40. The highest BCUT2D eigenvalue weighted by atomic mass is 35.5. The van der Waals surface area contributed by atoms with Crippen LogP contribution in [0.25, 0.3) is 11.0 Å². The number of halogens is 1. The minimum Gasteiger partial charge on any atom is -0.327 e. The van der Waals surface area contributed by atoms with Gasteiger partial charge in [0.1, 0.15) is 0 Å². The Morgan fingerprint density at radius 1 is 1.67 bits per heavy atom. The van der Waals surface area contributed by atoms with Gasteiger partial charge in [-0.25, -0.2) is 4.98 Å².